The molecule has 1 aromatic heterocycles. The van der Waals surface area contributed by atoms with Crippen LogP contribution in [0.2, 0.25) is 0 Å². The smallest absolute Gasteiger partial charge is 0.408 e. The summed E-state index contributed by atoms with van der Waals surface area (Å²) in [6.45, 7) is 5.88. The first-order chi connectivity index (χ1) is 30.1. The van der Waals surface area contributed by atoms with Crippen LogP contribution in [0.5, 0.6) is 11.5 Å². The van der Waals surface area contributed by atoms with Crippen LogP contribution in [-0.2, 0) is 17.9 Å². The third-order valence-electron chi connectivity index (χ3n) is 12.3. The molecule has 62 heavy (non-hydrogen) atoms. The van der Waals surface area contributed by atoms with Crippen LogP contribution in [-0.4, -0.2) is 69.5 Å². The van der Waals surface area contributed by atoms with Gasteiger partial charge in [-0.2, -0.15) is 0 Å². The number of benzene rings is 5. The molecular formula is C50H52N4O8. The zero-order chi connectivity index (χ0) is 43.2. The Morgan fingerprint density at radius 3 is 2.35 bits per heavy atom. The fourth-order valence-electron chi connectivity index (χ4n) is 8.98. The fourth-order valence-corrected chi connectivity index (χ4v) is 8.98. The topological polar surface area (TPSA) is 173 Å². The number of aromatic carboxylic acids is 1. The molecule has 1 unspecified atom stereocenters. The van der Waals surface area contributed by atoms with Crippen molar-refractivity contribution in [1.29, 1.82) is 0 Å². The van der Waals surface area contributed by atoms with Gasteiger partial charge in [-0.15, -0.1) is 0 Å². The van der Waals surface area contributed by atoms with E-state index in [1.165, 1.54) is 12.1 Å². The number of aliphatic hydroxyl groups is 1. The second kappa shape index (κ2) is 19.1. The summed E-state index contributed by atoms with van der Waals surface area (Å²) >= 11 is 0. The summed E-state index contributed by atoms with van der Waals surface area (Å²) in [4.78, 5) is 42.4. The van der Waals surface area contributed by atoms with E-state index in [1.807, 2.05) is 84.9 Å². The van der Waals surface area contributed by atoms with E-state index in [2.05, 4.69) is 27.4 Å². The number of phenolic OH excluding ortho intramolecular Hbond substituents is 1. The summed E-state index contributed by atoms with van der Waals surface area (Å²) in [6, 6.07) is 36.3. The maximum Gasteiger partial charge on any atom is 0.408 e. The Morgan fingerprint density at radius 1 is 0.855 bits per heavy atom. The largest absolute Gasteiger partial charge is 0.506 e. The molecule has 0 saturated carbocycles. The van der Waals surface area contributed by atoms with Gasteiger partial charge in [0, 0.05) is 37.0 Å². The number of ether oxygens (including phenoxy) is 2. The lowest BCUT2D eigenvalue weighted by atomic mass is 9.85. The predicted octanol–water partition coefficient (Wildman–Crippen LogP) is 7.79. The molecule has 320 valence electrons. The molecule has 3 fully saturated rings. The van der Waals surface area contributed by atoms with E-state index in [-0.39, 0.29) is 47.6 Å². The monoisotopic (exact) mass is 836 g/mol. The number of H-pyrrole nitrogens is 1. The van der Waals surface area contributed by atoms with Crippen molar-refractivity contribution in [3.8, 4) is 11.5 Å². The summed E-state index contributed by atoms with van der Waals surface area (Å²) in [5, 5.41) is 38.2. The van der Waals surface area contributed by atoms with Gasteiger partial charge < -0.3 is 40.4 Å². The Kier molecular flexibility index (Phi) is 13.0. The highest BCUT2D eigenvalue weighted by molar-refractivity contribution is 5.88. The molecular weight excluding hydrogens is 785 g/mol. The van der Waals surface area contributed by atoms with Crippen LogP contribution in [0, 0.1) is 5.92 Å². The highest BCUT2D eigenvalue weighted by Gasteiger charge is 2.37. The van der Waals surface area contributed by atoms with Crippen LogP contribution < -0.4 is 20.9 Å². The number of hydrogen-bond donors (Lipinski definition) is 6. The number of carboxylic acid groups (broad SMARTS) is 1. The molecule has 4 atom stereocenters. The molecule has 5 aromatic carbocycles. The Hall–Kier alpha value is -6.47. The number of fused-ring (bicyclic) bond motifs is 4. The maximum atomic E-state index is 13.4. The van der Waals surface area contributed by atoms with Gasteiger partial charge in [-0.05, 0) is 114 Å². The van der Waals surface area contributed by atoms with Gasteiger partial charge in [0.2, 0.25) is 5.56 Å². The molecule has 6 aromatic rings. The van der Waals surface area contributed by atoms with E-state index in [4.69, 9.17) is 9.47 Å². The Labute approximate surface area is 360 Å². The summed E-state index contributed by atoms with van der Waals surface area (Å²) in [5.41, 5.74) is 6.21. The molecule has 6 N–H and O–H groups in total. The number of hydrogen-bond acceptors (Lipinski definition) is 9. The number of phenols is 1. The van der Waals surface area contributed by atoms with Crippen molar-refractivity contribution in [3.63, 3.8) is 0 Å². The number of aromatic hydroxyl groups is 1. The SMILES string of the molecule is CCC(c1ccc(CNC[C@H](O)c2ccc(O)c3[nH]c(=O)ccc23)cc1)c1cc(C(=O)O)ccc1COc1cccc([C@@H](NC(=O)O[C@H]2CN3CCC2CC3)c2ccccc2)c1. The van der Waals surface area contributed by atoms with Crippen molar-refractivity contribution in [1.82, 2.24) is 20.5 Å². The van der Waals surface area contributed by atoms with Crippen molar-refractivity contribution >= 4 is 23.0 Å². The van der Waals surface area contributed by atoms with Crippen molar-refractivity contribution in [2.75, 3.05) is 26.2 Å². The summed E-state index contributed by atoms with van der Waals surface area (Å²) in [7, 11) is 0. The lowest BCUT2D eigenvalue weighted by molar-refractivity contribution is -0.0336. The first kappa shape index (κ1) is 42.2. The van der Waals surface area contributed by atoms with Crippen LogP contribution >= 0.6 is 0 Å². The number of nitrogens with zero attached hydrogens (tertiary/aromatic N) is 1. The average molecular weight is 837 g/mol. The van der Waals surface area contributed by atoms with E-state index in [0.717, 1.165) is 65.9 Å². The van der Waals surface area contributed by atoms with Gasteiger partial charge in [0.25, 0.3) is 0 Å². The number of aromatic nitrogens is 1. The number of carboxylic acids is 1. The summed E-state index contributed by atoms with van der Waals surface area (Å²) in [5.74, 6) is -0.193. The molecule has 9 rings (SSSR count). The number of carbonyl (C=O) groups excluding carboxylic acids is 1. The van der Waals surface area contributed by atoms with Crippen LogP contribution in [0.25, 0.3) is 10.9 Å². The molecule has 0 spiro atoms. The number of nitrogens with one attached hydrogen (secondary N) is 3. The highest BCUT2D eigenvalue weighted by atomic mass is 16.6. The maximum absolute atomic E-state index is 13.4. The van der Waals surface area contributed by atoms with E-state index < -0.39 is 24.2 Å². The minimum Gasteiger partial charge on any atom is -0.506 e. The van der Waals surface area contributed by atoms with Crippen molar-refractivity contribution < 1.29 is 34.4 Å². The van der Waals surface area contributed by atoms with Gasteiger partial charge in [0.15, 0.2) is 0 Å². The number of amides is 1. The van der Waals surface area contributed by atoms with Gasteiger partial charge in [0.05, 0.1) is 23.2 Å². The molecule has 3 saturated heterocycles. The zero-order valence-corrected chi connectivity index (χ0v) is 34.6. The van der Waals surface area contributed by atoms with Crippen LogP contribution in [0.15, 0.2) is 126 Å². The summed E-state index contributed by atoms with van der Waals surface area (Å²) < 4.78 is 12.5. The number of aromatic amines is 1. The number of rotatable bonds is 16. The number of pyridine rings is 1. The molecule has 12 heteroatoms. The Morgan fingerprint density at radius 2 is 1.63 bits per heavy atom. The first-order valence-electron chi connectivity index (χ1n) is 21.3. The highest BCUT2D eigenvalue weighted by Crippen LogP contribution is 2.34. The van der Waals surface area contributed by atoms with Gasteiger partial charge in [-0.1, -0.05) is 85.8 Å². The zero-order valence-electron chi connectivity index (χ0n) is 34.6. The van der Waals surface area contributed by atoms with Gasteiger partial charge >= 0.3 is 12.1 Å². The first-order valence-corrected chi connectivity index (χ1v) is 21.3. The average Bonchev–Trinajstić information content (AvgIpc) is 3.29. The lowest BCUT2D eigenvalue weighted by Crippen LogP contribution is -2.52. The number of alkyl carbamates (subject to hydrolysis) is 1. The molecule has 0 radical (unpaired) electrons. The van der Waals surface area contributed by atoms with Crippen LogP contribution in [0.3, 0.4) is 0 Å². The normalized spacial score (nSPS) is 18.5. The number of carbonyl (C=O) groups is 2. The third kappa shape index (κ3) is 9.68. The molecule has 1 amide bonds. The quantitative estimate of drug-likeness (QED) is 0.0565. The minimum atomic E-state index is -1.01. The number of aliphatic hydroxyl groups excluding tert-OH is 1. The van der Waals surface area contributed by atoms with Gasteiger partial charge in [0.1, 0.15) is 24.2 Å². The van der Waals surface area contributed by atoms with E-state index in [1.54, 1.807) is 24.3 Å². The van der Waals surface area contributed by atoms with E-state index >= 15 is 0 Å². The van der Waals surface area contributed by atoms with Gasteiger partial charge in [-0.25, -0.2) is 9.59 Å². The third-order valence-corrected chi connectivity index (χ3v) is 12.3. The summed E-state index contributed by atoms with van der Waals surface area (Å²) in [6.07, 6.45) is 1.36. The Balaban J connectivity index is 0.948. The van der Waals surface area contributed by atoms with Crippen molar-refractivity contribution in [2.24, 2.45) is 5.92 Å². The van der Waals surface area contributed by atoms with Crippen molar-refractivity contribution in [2.45, 2.75) is 63.5 Å². The molecule has 0 aliphatic carbocycles. The molecule has 12 nitrogen and oxygen atoms in total. The fraction of sp³-hybridized carbons (Fsp3) is 0.300. The second-order valence-corrected chi connectivity index (χ2v) is 16.3. The van der Waals surface area contributed by atoms with E-state index in [0.29, 0.717) is 35.6 Å². The lowest BCUT2D eigenvalue weighted by Gasteiger charge is -2.43. The Bertz CT molecular complexity index is 2570. The van der Waals surface area contributed by atoms with Gasteiger partial charge in [-0.3, -0.25) is 9.69 Å². The molecule has 3 aliphatic rings. The second-order valence-electron chi connectivity index (χ2n) is 16.3. The minimum absolute atomic E-state index is 0.0623. The predicted molar refractivity (Wildman–Crippen MR) is 237 cm³/mol. The van der Waals surface area contributed by atoms with Crippen molar-refractivity contribution in [3.05, 3.63) is 176 Å². The van der Waals surface area contributed by atoms with Crippen LogP contribution in [0.4, 0.5) is 4.79 Å². The standard InChI is InChI=1S/C50H52N4O8/c1-2-39(32-13-11-31(12-14-32)27-51-28-44(56)40-17-19-43(55)48-41(40)18-20-46(57)52-48)42-26-36(49(58)59)15-16-37(42)30-61-38-10-6-9-35(25-38)47(34-7-4-3-5-8-34)53-50(60)62-45-29-54-23-21-33(45)22-24-54/h3-20,25-26,33,39,44-45,47,51,55-56H,2,21-24,27-30H2,1H3,(H,52,57)(H,53,60)(H,58,59)/t39?,44-,45-,47-/m0/s1. The molecule has 4 heterocycles. The van der Waals surface area contributed by atoms with E-state index in [9.17, 15) is 29.7 Å². The molecule has 2 bridgehead atoms. The molecule has 3 aliphatic heterocycles. The van der Waals surface area contributed by atoms with Crippen LogP contribution in [0.1, 0.15) is 93.6 Å². The number of piperidine rings is 3.